The van der Waals surface area contributed by atoms with Crippen molar-refractivity contribution in [1.29, 1.82) is 0 Å². The average Bonchev–Trinajstić information content (AvgIpc) is 2.85. The molecule has 0 amide bonds. The highest BCUT2D eigenvalue weighted by atomic mass is 16.5. The molecule has 0 radical (unpaired) electrons. The van der Waals surface area contributed by atoms with Crippen LogP contribution in [0.3, 0.4) is 0 Å². The van der Waals surface area contributed by atoms with Gasteiger partial charge in [0.1, 0.15) is 5.75 Å². The molecule has 0 aliphatic carbocycles. The van der Waals surface area contributed by atoms with Crippen LogP contribution >= 0.6 is 0 Å². The lowest BCUT2D eigenvalue weighted by Gasteiger charge is -2.34. The van der Waals surface area contributed by atoms with Gasteiger partial charge in [-0.05, 0) is 44.8 Å². The Morgan fingerprint density at radius 2 is 2.21 bits per heavy atom. The third-order valence-corrected chi connectivity index (χ3v) is 4.39. The first kappa shape index (κ1) is 12.9. The molecule has 19 heavy (non-hydrogen) atoms. The summed E-state index contributed by atoms with van der Waals surface area (Å²) in [5.41, 5.74) is 2.16. The minimum absolute atomic E-state index is 0.834. The van der Waals surface area contributed by atoms with Crippen molar-refractivity contribution < 1.29 is 4.74 Å². The molecule has 1 aromatic heterocycles. The van der Waals surface area contributed by atoms with Crippen molar-refractivity contribution in [1.82, 2.24) is 15.2 Å². The van der Waals surface area contributed by atoms with Gasteiger partial charge in [-0.2, -0.15) is 0 Å². The van der Waals surface area contributed by atoms with E-state index in [0.717, 1.165) is 35.5 Å². The zero-order chi connectivity index (χ0) is 13.2. The molecule has 0 saturated carbocycles. The molecule has 0 bridgehead atoms. The molecule has 2 aliphatic rings. The van der Waals surface area contributed by atoms with Crippen LogP contribution in [0.4, 0.5) is 0 Å². The highest BCUT2D eigenvalue weighted by molar-refractivity contribution is 5.26. The van der Waals surface area contributed by atoms with E-state index in [1.54, 1.807) is 7.11 Å². The molecule has 2 unspecified atom stereocenters. The summed E-state index contributed by atoms with van der Waals surface area (Å²) in [6.45, 7) is 7.78. The third kappa shape index (κ3) is 2.90. The number of aryl methyl sites for hydroxylation is 1. The van der Waals surface area contributed by atoms with Crippen molar-refractivity contribution in [3.05, 3.63) is 23.5 Å². The van der Waals surface area contributed by atoms with E-state index < -0.39 is 0 Å². The molecule has 2 atom stereocenters. The number of methoxy groups -OCH3 is 1. The van der Waals surface area contributed by atoms with Crippen LogP contribution in [0.15, 0.2) is 12.1 Å². The van der Waals surface area contributed by atoms with Crippen molar-refractivity contribution in [2.24, 2.45) is 11.8 Å². The number of hydrogen-bond donors (Lipinski definition) is 1. The minimum atomic E-state index is 0.834. The Labute approximate surface area is 115 Å². The lowest BCUT2D eigenvalue weighted by molar-refractivity contribution is 0.140. The molecule has 2 fully saturated rings. The molecule has 4 heteroatoms. The maximum atomic E-state index is 5.33. The molecule has 0 aromatic carbocycles. The number of nitrogens with zero attached hydrogens (tertiary/aromatic N) is 2. The summed E-state index contributed by atoms with van der Waals surface area (Å²) in [6, 6.07) is 4.04. The lowest BCUT2D eigenvalue weighted by atomic mass is 9.88. The zero-order valence-electron chi connectivity index (χ0n) is 11.9. The van der Waals surface area contributed by atoms with Crippen LogP contribution in [0.5, 0.6) is 5.75 Å². The summed E-state index contributed by atoms with van der Waals surface area (Å²) in [5, 5.41) is 3.51. The monoisotopic (exact) mass is 261 g/mol. The van der Waals surface area contributed by atoms with E-state index in [0.29, 0.717) is 0 Å². The fourth-order valence-electron chi connectivity index (χ4n) is 3.38. The molecular weight excluding hydrogens is 238 g/mol. The molecule has 3 heterocycles. The molecule has 3 rings (SSSR count). The first-order valence-corrected chi connectivity index (χ1v) is 7.19. The van der Waals surface area contributed by atoms with E-state index >= 15 is 0 Å². The Morgan fingerprint density at radius 3 is 3.05 bits per heavy atom. The second-order valence-electron chi connectivity index (χ2n) is 5.84. The van der Waals surface area contributed by atoms with Gasteiger partial charge in [-0.15, -0.1) is 0 Å². The molecule has 104 valence electrons. The van der Waals surface area contributed by atoms with E-state index in [-0.39, 0.29) is 0 Å². The van der Waals surface area contributed by atoms with E-state index in [4.69, 9.17) is 4.74 Å². The topological polar surface area (TPSA) is 37.4 Å². The second kappa shape index (κ2) is 5.47. The van der Waals surface area contributed by atoms with E-state index in [1.807, 2.05) is 13.0 Å². The zero-order valence-corrected chi connectivity index (χ0v) is 11.9. The predicted molar refractivity (Wildman–Crippen MR) is 75.3 cm³/mol. The molecule has 2 saturated heterocycles. The Bertz CT molecular complexity index is 449. The van der Waals surface area contributed by atoms with Gasteiger partial charge in [-0.1, -0.05) is 0 Å². The van der Waals surface area contributed by atoms with Crippen LogP contribution in [0, 0.1) is 18.8 Å². The maximum absolute atomic E-state index is 5.33. The van der Waals surface area contributed by atoms with Crippen molar-refractivity contribution in [2.45, 2.75) is 19.9 Å². The lowest BCUT2D eigenvalue weighted by Crippen LogP contribution is -2.39. The third-order valence-electron chi connectivity index (χ3n) is 4.39. The largest absolute Gasteiger partial charge is 0.497 e. The van der Waals surface area contributed by atoms with Crippen LogP contribution in [0.25, 0.3) is 0 Å². The number of pyridine rings is 1. The number of hydrogen-bond acceptors (Lipinski definition) is 4. The standard InChI is InChI=1S/C15H23N3O/c1-11-5-15(19-2)6-14(17-11)10-18-4-3-12-7-16-8-13(12)9-18/h5-6,12-13,16H,3-4,7-10H2,1-2H3. The van der Waals surface area contributed by atoms with Gasteiger partial charge >= 0.3 is 0 Å². The second-order valence-corrected chi connectivity index (χ2v) is 5.84. The number of piperidine rings is 1. The van der Waals surface area contributed by atoms with Gasteiger partial charge in [0.05, 0.1) is 12.8 Å². The first-order chi connectivity index (χ1) is 9.24. The summed E-state index contributed by atoms with van der Waals surface area (Å²) in [6.07, 6.45) is 1.32. The van der Waals surface area contributed by atoms with Crippen molar-refractivity contribution >= 4 is 0 Å². The number of nitrogens with one attached hydrogen (secondary N) is 1. The Kier molecular flexibility index (Phi) is 3.71. The smallest absolute Gasteiger partial charge is 0.122 e. The van der Waals surface area contributed by atoms with Crippen LogP contribution < -0.4 is 10.1 Å². The molecule has 1 aromatic rings. The average molecular weight is 261 g/mol. The quantitative estimate of drug-likeness (QED) is 0.893. The van der Waals surface area contributed by atoms with Gasteiger partial charge < -0.3 is 10.1 Å². The molecular formula is C15H23N3O. The molecule has 4 nitrogen and oxygen atoms in total. The summed E-state index contributed by atoms with van der Waals surface area (Å²) in [7, 11) is 1.72. The van der Waals surface area contributed by atoms with E-state index in [9.17, 15) is 0 Å². The SMILES string of the molecule is COc1cc(C)nc(CN2CCC3CNCC3C2)c1. The molecule has 2 aliphatic heterocycles. The van der Waals surface area contributed by atoms with Gasteiger partial charge in [-0.25, -0.2) is 0 Å². The predicted octanol–water partition coefficient (Wildman–Crippen LogP) is 1.44. The fourth-order valence-corrected chi connectivity index (χ4v) is 3.38. The summed E-state index contributed by atoms with van der Waals surface area (Å²) in [5.74, 6) is 2.65. The van der Waals surface area contributed by atoms with Gasteiger partial charge in [0, 0.05) is 30.9 Å². The Hall–Kier alpha value is -1.13. The van der Waals surface area contributed by atoms with Crippen LogP contribution in [-0.4, -0.2) is 43.2 Å². The molecule has 1 N–H and O–H groups in total. The number of ether oxygens (including phenoxy) is 1. The van der Waals surface area contributed by atoms with Crippen molar-refractivity contribution in [2.75, 3.05) is 33.3 Å². The number of likely N-dealkylation sites (tertiary alicyclic amines) is 1. The molecule has 0 spiro atoms. The summed E-state index contributed by atoms with van der Waals surface area (Å²) in [4.78, 5) is 7.16. The number of fused-ring (bicyclic) bond motifs is 1. The minimum Gasteiger partial charge on any atom is -0.497 e. The van der Waals surface area contributed by atoms with Crippen LogP contribution in [0.2, 0.25) is 0 Å². The number of aromatic nitrogens is 1. The highest BCUT2D eigenvalue weighted by Gasteiger charge is 2.32. The van der Waals surface area contributed by atoms with Gasteiger partial charge in [-0.3, -0.25) is 9.88 Å². The maximum Gasteiger partial charge on any atom is 0.122 e. The highest BCUT2D eigenvalue weighted by Crippen LogP contribution is 2.27. The first-order valence-electron chi connectivity index (χ1n) is 7.19. The van der Waals surface area contributed by atoms with Crippen molar-refractivity contribution in [3.63, 3.8) is 0 Å². The van der Waals surface area contributed by atoms with Crippen LogP contribution in [-0.2, 0) is 6.54 Å². The Balaban J connectivity index is 1.66. The fraction of sp³-hybridized carbons (Fsp3) is 0.667. The van der Waals surface area contributed by atoms with Crippen molar-refractivity contribution in [3.8, 4) is 5.75 Å². The van der Waals surface area contributed by atoms with Gasteiger partial charge in [0.2, 0.25) is 0 Å². The number of rotatable bonds is 3. The van der Waals surface area contributed by atoms with Gasteiger partial charge in [0.25, 0.3) is 0 Å². The van der Waals surface area contributed by atoms with E-state index in [1.165, 1.54) is 32.6 Å². The van der Waals surface area contributed by atoms with E-state index in [2.05, 4.69) is 21.3 Å². The summed E-state index contributed by atoms with van der Waals surface area (Å²) >= 11 is 0. The van der Waals surface area contributed by atoms with Gasteiger partial charge in [0.15, 0.2) is 0 Å². The van der Waals surface area contributed by atoms with Crippen LogP contribution in [0.1, 0.15) is 17.8 Å². The Morgan fingerprint density at radius 1 is 1.37 bits per heavy atom. The summed E-state index contributed by atoms with van der Waals surface area (Å²) < 4.78 is 5.33. The normalized spacial score (nSPS) is 27.3.